The molecule has 0 radical (unpaired) electrons. The molecule has 44 heavy (non-hydrogen) atoms. The maximum absolute atomic E-state index is 6.55. The van der Waals surface area contributed by atoms with Crippen LogP contribution in [0.25, 0.3) is 75.1 Å². The van der Waals surface area contributed by atoms with Crippen molar-refractivity contribution in [3.8, 4) is 17.2 Å². The molecule has 6 heteroatoms. The minimum atomic E-state index is 0.761. The smallest absolute Gasteiger partial charge is 0.145 e. The molecule has 5 aromatic carbocycles. The van der Waals surface area contributed by atoms with Crippen molar-refractivity contribution in [2.24, 2.45) is 0 Å². The zero-order valence-electron chi connectivity index (χ0n) is 23.3. The third-order valence-corrected chi connectivity index (χ3v) is 9.86. The van der Waals surface area contributed by atoms with Gasteiger partial charge in [0.1, 0.15) is 22.8 Å². The van der Waals surface area contributed by atoms with Gasteiger partial charge in [0.15, 0.2) is 0 Å². The standard InChI is InChI=1S/C38H22N4OS/c1-3-12-33-27(9-1)26-15-14-25(22-32(26)37-40-19-20-41(33)37)43-24-8-5-7-23(21-24)42-35-29(31-11-6-18-39-38(31)42)16-17-30-28-10-2-4-13-34(28)44-36(30)35/h1-22H. The normalized spacial score (nSPS) is 12.1. The zero-order valence-corrected chi connectivity index (χ0v) is 24.1. The van der Waals surface area contributed by atoms with E-state index in [1.807, 2.05) is 48.1 Å². The molecular weight excluding hydrogens is 561 g/mol. The molecule has 0 spiro atoms. The number of para-hydroxylation sites is 1. The molecular formula is C38H22N4OS. The molecule has 0 unspecified atom stereocenters. The van der Waals surface area contributed by atoms with Crippen molar-refractivity contribution in [2.45, 2.75) is 0 Å². The predicted molar refractivity (Wildman–Crippen MR) is 182 cm³/mol. The lowest BCUT2D eigenvalue weighted by Gasteiger charge is -2.12. The first kappa shape index (κ1) is 23.8. The molecule has 5 aromatic heterocycles. The highest BCUT2D eigenvalue weighted by atomic mass is 32.1. The fourth-order valence-electron chi connectivity index (χ4n) is 6.79. The summed E-state index contributed by atoms with van der Waals surface area (Å²) in [6, 6.07) is 40.3. The lowest BCUT2D eigenvalue weighted by atomic mass is 10.1. The molecule has 5 nitrogen and oxygen atoms in total. The summed E-state index contributed by atoms with van der Waals surface area (Å²) in [7, 11) is 0. The molecule has 0 aliphatic heterocycles. The fraction of sp³-hybridized carbons (Fsp3) is 0. The van der Waals surface area contributed by atoms with Gasteiger partial charge in [-0.3, -0.25) is 8.97 Å². The van der Waals surface area contributed by atoms with Gasteiger partial charge in [-0.05, 0) is 60.0 Å². The lowest BCUT2D eigenvalue weighted by Crippen LogP contribution is -1.96. The molecule has 0 N–H and O–H groups in total. The number of pyridine rings is 2. The van der Waals surface area contributed by atoms with Gasteiger partial charge < -0.3 is 4.74 Å². The van der Waals surface area contributed by atoms with Crippen LogP contribution in [0.15, 0.2) is 134 Å². The fourth-order valence-corrected chi connectivity index (χ4v) is 8.03. The summed E-state index contributed by atoms with van der Waals surface area (Å²) < 4.78 is 13.5. The molecule has 0 aliphatic carbocycles. The molecule has 0 fully saturated rings. The van der Waals surface area contributed by atoms with Crippen molar-refractivity contribution in [1.82, 2.24) is 18.9 Å². The van der Waals surface area contributed by atoms with Crippen LogP contribution < -0.4 is 4.74 Å². The number of aromatic nitrogens is 4. The van der Waals surface area contributed by atoms with Gasteiger partial charge >= 0.3 is 0 Å². The number of thiophene rings is 1. The summed E-state index contributed by atoms with van der Waals surface area (Å²) in [5.74, 6) is 1.53. The highest BCUT2D eigenvalue weighted by Crippen LogP contribution is 2.43. The third kappa shape index (κ3) is 3.28. The SMILES string of the molecule is c1cc(Oc2ccc3c4ccccc4n4ccnc4c3c2)cc(-n2c3ncccc3c3ccc4c5ccccc5sc4c32)c1. The van der Waals surface area contributed by atoms with Crippen molar-refractivity contribution >= 4 is 80.8 Å². The second kappa shape index (κ2) is 8.89. The molecule has 10 aromatic rings. The van der Waals surface area contributed by atoms with Gasteiger partial charge in [-0.1, -0.05) is 54.6 Å². The van der Waals surface area contributed by atoms with E-state index < -0.39 is 0 Å². The van der Waals surface area contributed by atoms with Gasteiger partial charge in [-0.25, -0.2) is 9.97 Å². The average Bonchev–Trinajstić information content (AvgIpc) is 3.79. The van der Waals surface area contributed by atoms with E-state index in [4.69, 9.17) is 9.72 Å². The molecule has 10 rings (SSSR count). The van der Waals surface area contributed by atoms with Crippen LogP contribution >= 0.6 is 11.3 Å². The van der Waals surface area contributed by atoms with E-state index in [1.54, 1.807) is 0 Å². The van der Waals surface area contributed by atoms with Crippen molar-refractivity contribution in [3.05, 3.63) is 134 Å². The summed E-state index contributed by atoms with van der Waals surface area (Å²) in [5.41, 5.74) is 5.18. The van der Waals surface area contributed by atoms with E-state index in [1.165, 1.54) is 36.5 Å². The molecule has 0 saturated heterocycles. The Morgan fingerprint density at radius 2 is 1.34 bits per heavy atom. The number of benzene rings is 5. The van der Waals surface area contributed by atoms with Crippen LogP contribution in [0, 0.1) is 0 Å². The first-order chi connectivity index (χ1) is 21.8. The van der Waals surface area contributed by atoms with Gasteiger partial charge in [0.05, 0.1) is 21.4 Å². The van der Waals surface area contributed by atoms with Crippen LogP contribution in [0.2, 0.25) is 0 Å². The topological polar surface area (TPSA) is 44.4 Å². The number of nitrogens with zero attached hydrogens (tertiary/aromatic N) is 4. The Morgan fingerprint density at radius 3 is 2.32 bits per heavy atom. The van der Waals surface area contributed by atoms with Crippen LogP contribution in [0.3, 0.4) is 0 Å². The van der Waals surface area contributed by atoms with E-state index in [0.29, 0.717) is 0 Å². The van der Waals surface area contributed by atoms with E-state index >= 15 is 0 Å². The van der Waals surface area contributed by atoms with E-state index in [0.717, 1.165) is 50.2 Å². The third-order valence-electron chi connectivity index (χ3n) is 8.67. The maximum atomic E-state index is 6.55. The average molecular weight is 583 g/mol. The van der Waals surface area contributed by atoms with Crippen molar-refractivity contribution in [3.63, 3.8) is 0 Å². The number of imidazole rings is 1. The minimum Gasteiger partial charge on any atom is -0.457 e. The molecule has 206 valence electrons. The summed E-state index contributed by atoms with van der Waals surface area (Å²) >= 11 is 1.84. The Bertz CT molecular complexity index is 2770. The summed E-state index contributed by atoms with van der Waals surface area (Å²) in [5, 5.41) is 8.29. The van der Waals surface area contributed by atoms with Gasteiger partial charge in [0.25, 0.3) is 0 Å². The molecule has 0 atom stereocenters. The van der Waals surface area contributed by atoms with Gasteiger partial charge in [-0.15, -0.1) is 11.3 Å². The zero-order chi connectivity index (χ0) is 28.8. The van der Waals surface area contributed by atoms with Crippen LogP contribution in [0.4, 0.5) is 0 Å². The van der Waals surface area contributed by atoms with Gasteiger partial charge in [-0.2, -0.15) is 0 Å². The first-order valence-electron chi connectivity index (χ1n) is 14.6. The maximum Gasteiger partial charge on any atom is 0.145 e. The lowest BCUT2D eigenvalue weighted by molar-refractivity contribution is 0.483. The number of hydrogen-bond donors (Lipinski definition) is 0. The van der Waals surface area contributed by atoms with Gasteiger partial charge in [0, 0.05) is 61.7 Å². The molecule has 5 heterocycles. The number of ether oxygens (including phenoxy) is 1. The van der Waals surface area contributed by atoms with Crippen LogP contribution in [0.5, 0.6) is 11.5 Å². The molecule has 0 amide bonds. The van der Waals surface area contributed by atoms with E-state index in [2.05, 4.69) is 111 Å². The Morgan fingerprint density at radius 1 is 0.545 bits per heavy atom. The molecule has 0 aliphatic rings. The summed E-state index contributed by atoms with van der Waals surface area (Å²) in [4.78, 5) is 9.56. The Labute approximate surface area is 254 Å². The highest BCUT2D eigenvalue weighted by Gasteiger charge is 2.19. The summed E-state index contributed by atoms with van der Waals surface area (Å²) in [6.45, 7) is 0. The Balaban J connectivity index is 1.16. The predicted octanol–water partition coefficient (Wildman–Crippen LogP) is 10.3. The van der Waals surface area contributed by atoms with E-state index in [9.17, 15) is 0 Å². The van der Waals surface area contributed by atoms with Crippen LogP contribution in [-0.4, -0.2) is 18.9 Å². The number of hydrogen-bond acceptors (Lipinski definition) is 4. The monoisotopic (exact) mass is 582 g/mol. The summed E-state index contributed by atoms with van der Waals surface area (Å²) in [6.07, 6.45) is 5.74. The van der Waals surface area contributed by atoms with Crippen molar-refractivity contribution in [1.29, 1.82) is 0 Å². The molecule has 0 saturated carbocycles. The Kier molecular flexibility index (Phi) is 4.81. The van der Waals surface area contributed by atoms with E-state index in [-0.39, 0.29) is 0 Å². The minimum absolute atomic E-state index is 0.761. The van der Waals surface area contributed by atoms with Crippen molar-refractivity contribution < 1.29 is 4.74 Å². The first-order valence-corrected chi connectivity index (χ1v) is 15.4. The van der Waals surface area contributed by atoms with Crippen LogP contribution in [-0.2, 0) is 0 Å². The highest BCUT2D eigenvalue weighted by molar-refractivity contribution is 7.26. The van der Waals surface area contributed by atoms with Crippen LogP contribution in [0.1, 0.15) is 0 Å². The Hall–Kier alpha value is -5.72. The number of fused-ring (bicyclic) bond motifs is 13. The van der Waals surface area contributed by atoms with Crippen molar-refractivity contribution in [2.75, 3.05) is 0 Å². The van der Waals surface area contributed by atoms with Gasteiger partial charge in [0.2, 0.25) is 0 Å². The molecule has 0 bridgehead atoms. The number of rotatable bonds is 3. The quantitative estimate of drug-likeness (QED) is 0.195. The largest absolute Gasteiger partial charge is 0.457 e. The second-order valence-electron chi connectivity index (χ2n) is 11.1. The second-order valence-corrected chi connectivity index (χ2v) is 12.1.